The molecule has 0 fully saturated rings. The highest BCUT2D eigenvalue weighted by Gasteiger charge is 2.02. The van der Waals surface area contributed by atoms with Crippen molar-refractivity contribution in [2.75, 3.05) is 7.05 Å². The Labute approximate surface area is 105 Å². The van der Waals surface area contributed by atoms with Crippen LogP contribution in [0.1, 0.15) is 16.3 Å². The summed E-state index contributed by atoms with van der Waals surface area (Å²) in [6.45, 7) is 3.40. The van der Waals surface area contributed by atoms with Crippen LogP contribution in [0.2, 0.25) is 0 Å². The van der Waals surface area contributed by atoms with Gasteiger partial charge in [-0.3, -0.25) is 0 Å². The number of aryl methyl sites for hydroxylation is 1. The molecule has 1 heterocycles. The zero-order valence-corrected chi connectivity index (χ0v) is 10.9. The molecule has 0 bridgehead atoms. The number of hydrogen-bond donors (Lipinski definition) is 1. The Morgan fingerprint density at radius 3 is 3.06 bits per heavy atom. The Morgan fingerprint density at radius 2 is 2.29 bits per heavy atom. The quantitative estimate of drug-likeness (QED) is 0.883. The van der Waals surface area contributed by atoms with E-state index in [1.165, 1.54) is 5.56 Å². The monoisotopic (exact) mass is 248 g/mol. The van der Waals surface area contributed by atoms with E-state index in [1.54, 1.807) is 11.3 Å². The third-order valence-electron chi connectivity index (χ3n) is 2.30. The van der Waals surface area contributed by atoms with Gasteiger partial charge >= 0.3 is 0 Å². The summed E-state index contributed by atoms with van der Waals surface area (Å²) in [6.07, 6.45) is 0. The molecule has 4 heteroatoms. The van der Waals surface area contributed by atoms with E-state index in [-0.39, 0.29) is 0 Å². The highest BCUT2D eigenvalue weighted by Crippen LogP contribution is 2.15. The van der Waals surface area contributed by atoms with E-state index in [2.05, 4.69) is 23.3 Å². The topological polar surface area (TPSA) is 34.2 Å². The van der Waals surface area contributed by atoms with Crippen molar-refractivity contribution < 1.29 is 4.74 Å². The van der Waals surface area contributed by atoms with E-state index >= 15 is 0 Å². The lowest BCUT2D eigenvalue weighted by atomic mass is 10.2. The summed E-state index contributed by atoms with van der Waals surface area (Å²) in [4.78, 5) is 4.47. The van der Waals surface area contributed by atoms with Crippen LogP contribution in [0.15, 0.2) is 29.6 Å². The van der Waals surface area contributed by atoms with Gasteiger partial charge < -0.3 is 10.1 Å². The molecule has 0 aliphatic carbocycles. The first-order chi connectivity index (χ1) is 8.28. The second kappa shape index (κ2) is 5.80. The van der Waals surface area contributed by atoms with Gasteiger partial charge in [0.2, 0.25) is 0 Å². The van der Waals surface area contributed by atoms with Gasteiger partial charge in [-0.05, 0) is 31.7 Å². The molecule has 90 valence electrons. The van der Waals surface area contributed by atoms with Gasteiger partial charge in [-0.1, -0.05) is 12.1 Å². The molecular weight excluding hydrogens is 232 g/mol. The SMILES string of the molecule is CNCc1nc(COc2cccc(C)c2)cs1. The van der Waals surface area contributed by atoms with Crippen molar-refractivity contribution >= 4 is 11.3 Å². The Morgan fingerprint density at radius 1 is 1.41 bits per heavy atom. The lowest BCUT2D eigenvalue weighted by molar-refractivity contribution is 0.301. The Bertz CT molecular complexity index is 482. The highest BCUT2D eigenvalue weighted by atomic mass is 32.1. The molecule has 0 amide bonds. The summed E-state index contributed by atoms with van der Waals surface area (Å²) in [5, 5.41) is 6.22. The van der Waals surface area contributed by atoms with Crippen molar-refractivity contribution in [1.29, 1.82) is 0 Å². The minimum Gasteiger partial charge on any atom is -0.487 e. The number of aromatic nitrogens is 1. The molecule has 0 spiro atoms. The molecule has 1 N–H and O–H groups in total. The molecule has 17 heavy (non-hydrogen) atoms. The Hall–Kier alpha value is -1.39. The summed E-state index contributed by atoms with van der Waals surface area (Å²) in [5.41, 5.74) is 2.19. The smallest absolute Gasteiger partial charge is 0.131 e. The van der Waals surface area contributed by atoms with Crippen LogP contribution < -0.4 is 10.1 Å². The second-order valence-corrected chi connectivity index (χ2v) is 4.81. The normalized spacial score (nSPS) is 10.5. The fourth-order valence-electron chi connectivity index (χ4n) is 1.51. The maximum atomic E-state index is 5.69. The van der Waals surface area contributed by atoms with Gasteiger partial charge in [-0.2, -0.15) is 0 Å². The summed E-state index contributed by atoms with van der Waals surface area (Å²) >= 11 is 1.66. The molecule has 0 unspecified atom stereocenters. The first-order valence-corrected chi connectivity index (χ1v) is 6.43. The number of nitrogens with zero attached hydrogens (tertiary/aromatic N) is 1. The van der Waals surface area contributed by atoms with Crippen LogP contribution in [0.4, 0.5) is 0 Å². The van der Waals surface area contributed by atoms with E-state index in [9.17, 15) is 0 Å². The largest absolute Gasteiger partial charge is 0.487 e. The summed E-state index contributed by atoms with van der Waals surface area (Å²) < 4.78 is 5.69. The molecule has 0 atom stereocenters. The zero-order valence-electron chi connectivity index (χ0n) is 10.1. The first-order valence-electron chi connectivity index (χ1n) is 5.55. The average Bonchev–Trinajstić information content (AvgIpc) is 2.75. The van der Waals surface area contributed by atoms with Gasteiger partial charge in [0.15, 0.2) is 0 Å². The van der Waals surface area contributed by atoms with Crippen molar-refractivity contribution in [3.63, 3.8) is 0 Å². The fraction of sp³-hybridized carbons (Fsp3) is 0.308. The Balaban J connectivity index is 1.93. The van der Waals surface area contributed by atoms with Crippen LogP contribution in [0, 0.1) is 6.92 Å². The Kier molecular flexibility index (Phi) is 4.12. The van der Waals surface area contributed by atoms with Crippen molar-refractivity contribution in [3.05, 3.63) is 45.9 Å². The molecule has 0 aliphatic rings. The van der Waals surface area contributed by atoms with Crippen LogP contribution in [0.3, 0.4) is 0 Å². The van der Waals surface area contributed by atoms with E-state index in [0.717, 1.165) is 23.0 Å². The number of rotatable bonds is 5. The van der Waals surface area contributed by atoms with Crippen molar-refractivity contribution in [1.82, 2.24) is 10.3 Å². The average molecular weight is 248 g/mol. The third kappa shape index (κ3) is 3.54. The van der Waals surface area contributed by atoms with E-state index in [1.807, 2.05) is 30.6 Å². The molecule has 0 aliphatic heterocycles. The van der Waals surface area contributed by atoms with Crippen molar-refractivity contribution in [2.45, 2.75) is 20.1 Å². The number of benzene rings is 1. The van der Waals surface area contributed by atoms with E-state index < -0.39 is 0 Å². The summed E-state index contributed by atoms with van der Waals surface area (Å²) in [5.74, 6) is 0.896. The summed E-state index contributed by atoms with van der Waals surface area (Å²) in [7, 11) is 1.92. The lowest BCUT2D eigenvalue weighted by Crippen LogP contribution is -2.05. The van der Waals surface area contributed by atoms with E-state index in [4.69, 9.17) is 4.74 Å². The van der Waals surface area contributed by atoms with Crippen LogP contribution in [0.25, 0.3) is 0 Å². The predicted molar refractivity (Wildman–Crippen MR) is 70.4 cm³/mol. The third-order valence-corrected chi connectivity index (χ3v) is 3.20. The fourth-order valence-corrected chi connectivity index (χ4v) is 2.30. The van der Waals surface area contributed by atoms with Gasteiger partial charge in [-0.25, -0.2) is 4.98 Å². The maximum absolute atomic E-state index is 5.69. The molecular formula is C13H16N2OS. The van der Waals surface area contributed by atoms with E-state index in [0.29, 0.717) is 6.61 Å². The van der Waals surface area contributed by atoms with Gasteiger partial charge in [0, 0.05) is 11.9 Å². The minimum atomic E-state index is 0.531. The highest BCUT2D eigenvalue weighted by molar-refractivity contribution is 7.09. The lowest BCUT2D eigenvalue weighted by Gasteiger charge is -2.04. The van der Waals surface area contributed by atoms with Gasteiger partial charge in [-0.15, -0.1) is 11.3 Å². The predicted octanol–water partition coefficient (Wildman–Crippen LogP) is 2.75. The van der Waals surface area contributed by atoms with Crippen LogP contribution >= 0.6 is 11.3 Å². The standard InChI is InChI=1S/C13H16N2OS/c1-10-4-3-5-12(6-10)16-8-11-9-17-13(15-11)7-14-2/h3-6,9,14H,7-8H2,1-2H3. The van der Waals surface area contributed by atoms with Crippen molar-refractivity contribution in [2.24, 2.45) is 0 Å². The molecule has 1 aromatic heterocycles. The molecule has 2 rings (SSSR count). The van der Waals surface area contributed by atoms with Gasteiger partial charge in [0.1, 0.15) is 17.4 Å². The minimum absolute atomic E-state index is 0.531. The molecule has 0 saturated heterocycles. The van der Waals surface area contributed by atoms with Crippen LogP contribution in [0.5, 0.6) is 5.75 Å². The molecule has 0 saturated carbocycles. The molecule has 1 aromatic carbocycles. The molecule has 2 aromatic rings. The van der Waals surface area contributed by atoms with Gasteiger partial charge in [0.25, 0.3) is 0 Å². The van der Waals surface area contributed by atoms with Crippen molar-refractivity contribution in [3.8, 4) is 5.75 Å². The number of thiazole rings is 1. The number of nitrogens with one attached hydrogen (secondary N) is 1. The zero-order chi connectivity index (χ0) is 12.1. The second-order valence-electron chi connectivity index (χ2n) is 3.87. The van der Waals surface area contributed by atoms with Crippen LogP contribution in [-0.4, -0.2) is 12.0 Å². The maximum Gasteiger partial charge on any atom is 0.131 e. The molecule has 0 radical (unpaired) electrons. The number of hydrogen-bond acceptors (Lipinski definition) is 4. The molecule has 3 nitrogen and oxygen atoms in total. The summed E-state index contributed by atoms with van der Waals surface area (Å²) in [6, 6.07) is 8.05. The van der Waals surface area contributed by atoms with Crippen LogP contribution in [-0.2, 0) is 13.2 Å². The first kappa shape index (κ1) is 12.1. The number of ether oxygens (including phenoxy) is 1. The van der Waals surface area contributed by atoms with Gasteiger partial charge in [0.05, 0.1) is 5.69 Å².